The standard InChI is InChI=1S/C11H12Cl2INO3/c1-11(18,5-16)4-15-10(17)7-2-6(12)3-8(13)9(7)14/h2-3,16,18H,4-5H2,1H3,(H,15,17). The van der Waals surface area contributed by atoms with Gasteiger partial charge in [0.15, 0.2) is 0 Å². The summed E-state index contributed by atoms with van der Waals surface area (Å²) in [5.74, 6) is -0.405. The highest BCUT2D eigenvalue weighted by molar-refractivity contribution is 14.1. The fourth-order valence-corrected chi connectivity index (χ4v) is 2.19. The van der Waals surface area contributed by atoms with Crippen LogP contribution in [0.15, 0.2) is 12.1 Å². The van der Waals surface area contributed by atoms with Gasteiger partial charge in [-0.05, 0) is 41.6 Å². The molecule has 0 aliphatic rings. The van der Waals surface area contributed by atoms with Crippen molar-refractivity contribution in [3.8, 4) is 0 Å². The number of nitrogens with one attached hydrogen (secondary N) is 1. The van der Waals surface area contributed by atoms with Crippen LogP contribution in [0, 0.1) is 3.57 Å². The molecule has 0 aliphatic carbocycles. The van der Waals surface area contributed by atoms with Gasteiger partial charge in [0.2, 0.25) is 0 Å². The van der Waals surface area contributed by atoms with E-state index in [1.807, 2.05) is 22.6 Å². The molecule has 0 saturated carbocycles. The van der Waals surface area contributed by atoms with Gasteiger partial charge in [-0.2, -0.15) is 0 Å². The van der Waals surface area contributed by atoms with E-state index in [1.54, 1.807) is 6.07 Å². The van der Waals surface area contributed by atoms with E-state index in [9.17, 15) is 9.90 Å². The van der Waals surface area contributed by atoms with E-state index < -0.39 is 18.1 Å². The molecule has 1 unspecified atom stereocenters. The highest BCUT2D eigenvalue weighted by Gasteiger charge is 2.21. The summed E-state index contributed by atoms with van der Waals surface area (Å²) >= 11 is 13.7. The first-order chi connectivity index (χ1) is 8.26. The van der Waals surface area contributed by atoms with Gasteiger partial charge in [-0.15, -0.1) is 0 Å². The summed E-state index contributed by atoms with van der Waals surface area (Å²) in [6.45, 7) is 0.909. The Kier molecular flexibility index (Phi) is 5.67. The first-order valence-electron chi connectivity index (χ1n) is 5.03. The molecule has 1 aromatic carbocycles. The maximum Gasteiger partial charge on any atom is 0.252 e. The molecule has 100 valence electrons. The summed E-state index contributed by atoms with van der Waals surface area (Å²) in [4.78, 5) is 11.9. The average molecular weight is 404 g/mol. The number of amides is 1. The quantitative estimate of drug-likeness (QED) is 0.532. The van der Waals surface area contributed by atoms with Gasteiger partial charge in [-0.3, -0.25) is 4.79 Å². The third-order valence-corrected chi connectivity index (χ3v) is 4.21. The largest absolute Gasteiger partial charge is 0.393 e. The van der Waals surface area contributed by atoms with Crippen molar-refractivity contribution < 1.29 is 15.0 Å². The molecular formula is C11H12Cl2INO3. The molecule has 0 heterocycles. The van der Waals surface area contributed by atoms with Crippen molar-refractivity contribution in [1.29, 1.82) is 0 Å². The number of carbonyl (C=O) groups excluding carboxylic acids is 1. The third-order valence-electron chi connectivity index (χ3n) is 2.21. The van der Waals surface area contributed by atoms with Gasteiger partial charge in [0.05, 0.1) is 17.2 Å². The predicted octanol–water partition coefficient (Wildman–Crippen LogP) is 2.07. The van der Waals surface area contributed by atoms with E-state index in [0.29, 0.717) is 19.2 Å². The molecule has 1 aromatic rings. The highest BCUT2D eigenvalue weighted by atomic mass is 127. The number of halogens is 3. The average Bonchev–Trinajstić information content (AvgIpc) is 2.31. The minimum atomic E-state index is -1.36. The SMILES string of the molecule is CC(O)(CO)CNC(=O)c1cc(Cl)cc(Cl)c1I. The summed E-state index contributed by atoms with van der Waals surface area (Å²) < 4.78 is 0.583. The number of aliphatic hydroxyl groups is 2. The minimum Gasteiger partial charge on any atom is -0.393 e. The Bertz CT molecular complexity index is 466. The van der Waals surface area contributed by atoms with Crippen LogP contribution in [-0.4, -0.2) is 34.9 Å². The predicted molar refractivity (Wildman–Crippen MR) is 79.2 cm³/mol. The second-order valence-electron chi connectivity index (χ2n) is 4.09. The highest BCUT2D eigenvalue weighted by Crippen LogP contribution is 2.26. The van der Waals surface area contributed by atoms with Crippen molar-refractivity contribution >= 4 is 51.7 Å². The lowest BCUT2D eigenvalue weighted by molar-refractivity contribution is 0.00319. The summed E-state index contributed by atoms with van der Waals surface area (Å²) in [6, 6.07) is 3.05. The Morgan fingerprint density at radius 1 is 1.50 bits per heavy atom. The summed E-state index contributed by atoms with van der Waals surface area (Å²) in [5, 5.41) is 21.7. The number of benzene rings is 1. The molecule has 18 heavy (non-hydrogen) atoms. The lowest BCUT2D eigenvalue weighted by atomic mass is 10.1. The van der Waals surface area contributed by atoms with Crippen LogP contribution in [0.2, 0.25) is 10.0 Å². The minimum absolute atomic E-state index is 0.0669. The molecule has 4 nitrogen and oxygen atoms in total. The summed E-state index contributed by atoms with van der Waals surface area (Å²) in [6.07, 6.45) is 0. The zero-order valence-corrected chi connectivity index (χ0v) is 13.2. The van der Waals surface area contributed by atoms with Gasteiger partial charge in [0.25, 0.3) is 5.91 Å². The van der Waals surface area contributed by atoms with E-state index in [1.165, 1.54) is 13.0 Å². The number of rotatable bonds is 4. The van der Waals surface area contributed by atoms with E-state index in [-0.39, 0.29) is 6.54 Å². The van der Waals surface area contributed by atoms with Crippen molar-refractivity contribution in [2.45, 2.75) is 12.5 Å². The number of hydrogen-bond donors (Lipinski definition) is 3. The molecule has 0 aliphatic heterocycles. The number of carbonyl (C=O) groups is 1. The Hall–Kier alpha value is -0.0800. The Labute approximate surface area is 128 Å². The van der Waals surface area contributed by atoms with Crippen LogP contribution in [0.3, 0.4) is 0 Å². The molecule has 1 atom stereocenters. The van der Waals surface area contributed by atoms with Crippen molar-refractivity contribution in [1.82, 2.24) is 5.32 Å². The molecule has 1 amide bonds. The molecule has 0 fully saturated rings. The van der Waals surface area contributed by atoms with Crippen LogP contribution in [-0.2, 0) is 0 Å². The van der Waals surface area contributed by atoms with E-state index in [2.05, 4.69) is 5.32 Å². The summed E-state index contributed by atoms with van der Waals surface area (Å²) in [5.41, 5.74) is -1.02. The second kappa shape index (κ2) is 6.38. The van der Waals surface area contributed by atoms with Gasteiger partial charge in [-0.25, -0.2) is 0 Å². The van der Waals surface area contributed by atoms with Gasteiger partial charge in [0.1, 0.15) is 5.60 Å². The Morgan fingerprint density at radius 3 is 2.67 bits per heavy atom. The van der Waals surface area contributed by atoms with Gasteiger partial charge in [0, 0.05) is 15.1 Å². The fourth-order valence-electron chi connectivity index (χ4n) is 1.14. The van der Waals surface area contributed by atoms with Crippen molar-refractivity contribution in [3.05, 3.63) is 31.3 Å². The number of hydrogen-bond acceptors (Lipinski definition) is 3. The lowest BCUT2D eigenvalue weighted by Gasteiger charge is -2.20. The maximum absolute atomic E-state index is 11.9. The molecule has 7 heteroatoms. The summed E-state index contributed by atoms with van der Waals surface area (Å²) in [7, 11) is 0. The first kappa shape index (κ1) is 16.0. The lowest BCUT2D eigenvalue weighted by Crippen LogP contribution is -2.43. The third kappa shape index (κ3) is 4.24. The monoisotopic (exact) mass is 403 g/mol. The Balaban J connectivity index is 2.85. The zero-order chi connectivity index (χ0) is 13.9. The molecule has 0 aromatic heterocycles. The van der Waals surface area contributed by atoms with Gasteiger partial charge >= 0.3 is 0 Å². The van der Waals surface area contributed by atoms with Crippen LogP contribution in [0.25, 0.3) is 0 Å². The van der Waals surface area contributed by atoms with Gasteiger partial charge < -0.3 is 15.5 Å². The topological polar surface area (TPSA) is 69.6 Å². The van der Waals surface area contributed by atoms with Crippen molar-refractivity contribution in [2.24, 2.45) is 0 Å². The van der Waals surface area contributed by atoms with Crippen molar-refractivity contribution in [3.63, 3.8) is 0 Å². The molecule has 0 saturated heterocycles. The van der Waals surface area contributed by atoms with E-state index >= 15 is 0 Å². The van der Waals surface area contributed by atoms with E-state index in [4.69, 9.17) is 28.3 Å². The van der Waals surface area contributed by atoms with Crippen molar-refractivity contribution in [2.75, 3.05) is 13.2 Å². The maximum atomic E-state index is 11.9. The molecular weight excluding hydrogens is 392 g/mol. The first-order valence-corrected chi connectivity index (χ1v) is 6.86. The van der Waals surface area contributed by atoms with Crippen LogP contribution in [0.1, 0.15) is 17.3 Å². The molecule has 1 rings (SSSR count). The van der Waals surface area contributed by atoms with Crippen LogP contribution in [0.5, 0.6) is 0 Å². The number of aliphatic hydroxyl groups excluding tert-OH is 1. The zero-order valence-electron chi connectivity index (χ0n) is 9.51. The molecule has 0 bridgehead atoms. The molecule has 3 N–H and O–H groups in total. The smallest absolute Gasteiger partial charge is 0.252 e. The van der Waals surface area contributed by atoms with Crippen LogP contribution in [0.4, 0.5) is 0 Å². The normalized spacial score (nSPS) is 14.1. The fraction of sp³-hybridized carbons (Fsp3) is 0.364. The molecule has 0 radical (unpaired) electrons. The van der Waals surface area contributed by atoms with Gasteiger partial charge in [-0.1, -0.05) is 23.2 Å². The Morgan fingerprint density at radius 2 is 2.11 bits per heavy atom. The van der Waals surface area contributed by atoms with Crippen LogP contribution < -0.4 is 5.32 Å². The molecule has 0 spiro atoms. The second-order valence-corrected chi connectivity index (χ2v) is 6.01. The van der Waals surface area contributed by atoms with E-state index in [0.717, 1.165) is 0 Å². The van der Waals surface area contributed by atoms with Crippen LogP contribution >= 0.6 is 45.8 Å².